The van der Waals surface area contributed by atoms with Gasteiger partial charge in [-0.05, 0) is 12.1 Å². The smallest absolute Gasteiger partial charge is 0.352 e. The molecule has 1 heterocycles. The molecule has 0 aliphatic heterocycles. The fraction of sp³-hybridized carbons (Fsp3) is 0.227. The molecule has 0 aliphatic rings. The molecule has 0 radical (unpaired) electrons. The van der Waals surface area contributed by atoms with Gasteiger partial charge in [0.1, 0.15) is 5.75 Å². The third-order valence-corrected chi connectivity index (χ3v) is 6.12. The van der Waals surface area contributed by atoms with Crippen LogP contribution in [0.4, 0.5) is 0 Å². The molecule has 0 N–H and O–H groups in total. The molecule has 202 valence electrons. The summed E-state index contributed by atoms with van der Waals surface area (Å²) in [6, 6.07) is 7.79. The van der Waals surface area contributed by atoms with Crippen LogP contribution < -0.4 is 20.9 Å². The molecule has 11 nitrogen and oxygen atoms in total. The van der Waals surface area contributed by atoms with Gasteiger partial charge in [0, 0.05) is 43.0 Å². The Labute approximate surface area is 239 Å². The van der Waals surface area contributed by atoms with E-state index in [1.54, 1.807) is 0 Å². The van der Waals surface area contributed by atoms with Crippen LogP contribution in [-0.2, 0) is 26.9 Å². The second-order valence-corrected chi connectivity index (χ2v) is 10.7. The minimum absolute atomic E-state index is 0.0518. The lowest BCUT2D eigenvalue weighted by molar-refractivity contribution is -0.479. The second kappa shape index (κ2) is 11.8. The molecular formula is C22H16Cl5N3O8. The van der Waals surface area contributed by atoms with Crippen molar-refractivity contribution in [1.82, 2.24) is 9.13 Å². The summed E-state index contributed by atoms with van der Waals surface area (Å²) in [6.45, 7) is 0.652. The molecule has 3 rings (SSSR count). The van der Waals surface area contributed by atoms with Crippen LogP contribution >= 0.6 is 58.0 Å². The van der Waals surface area contributed by atoms with Crippen LogP contribution in [-0.4, -0.2) is 26.6 Å². The Hall–Kier alpha value is -2.96. The summed E-state index contributed by atoms with van der Waals surface area (Å²) in [7, 11) is 1.29. The van der Waals surface area contributed by atoms with Gasteiger partial charge in [0.2, 0.25) is 16.1 Å². The average molecular weight is 628 g/mol. The Balaban J connectivity index is 2.17. The highest BCUT2D eigenvalue weighted by Gasteiger charge is 2.29. The molecule has 0 aliphatic carbocycles. The van der Waals surface area contributed by atoms with Crippen LogP contribution in [0.15, 0.2) is 46.0 Å². The first-order chi connectivity index (χ1) is 17.7. The Morgan fingerprint density at radius 3 is 2.37 bits per heavy atom. The van der Waals surface area contributed by atoms with Crippen molar-refractivity contribution in [2.45, 2.75) is 17.1 Å². The normalized spacial score (nSPS) is 11.2. The Bertz CT molecular complexity index is 1490. The van der Waals surface area contributed by atoms with Crippen molar-refractivity contribution in [3.05, 3.63) is 88.7 Å². The molecule has 2 aromatic carbocycles. The molecule has 38 heavy (non-hydrogen) atoms. The van der Waals surface area contributed by atoms with Gasteiger partial charge in [0.15, 0.2) is 5.75 Å². The van der Waals surface area contributed by atoms with Gasteiger partial charge >= 0.3 is 11.7 Å². The van der Waals surface area contributed by atoms with E-state index in [-0.39, 0.29) is 45.1 Å². The summed E-state index contributed by atoms with van der Waals surface area (Å²) in [6.07, 6.45) is -0.0871. The van der Waals surface area contributed by atoms with Crippen molar-refractivity contribution >= 4 is 64.0 Å². The SMILES string of the molecule is CC(=O)OOc1cccc(CC[N+](=O)[O-])c1Oc1cc(-n2c(=O)cc(C(Cl)(Cl)Cl)n(C)c2=O)c(Cl)cc1Cl. The molecule has 0 fully saturated rings. The van der Waals surface area contributed by atoms with Gasteiger partial charge in [-0.15, -0.1) is 0 Å². The first-order valence-corrected chi connectivity index (χ1v) is 12.3. The number of hydrogen-bond donors (Lipinski definition) is 0. The summed E-state index contributed by atoms with van der Waals surface area (Å²) >= 11 is 30.2. The minimum Gasteiger partial charge on any atom is -0.451 e. The monoisotopic (exact) mass is 625 g/mol. The highest BCUT2D eigenvalue weighted by Crippen LogP contribution is 2.41. The number of carbonyl (C=O) groups is 1. The summed E-state index contributed by atoms with van der Waals surface area (Å²) in [4.78, 5) is 57.2. The van der Waals surface area contributed by atoms with Crippen LogP contribution in [0.3, 0.4) is 0 Å². The van der Waals surface area contributed by atoms with Gasteiger partial charge in [-0.1, -0.05) is 70.1 Å². The van der Waals surface area contributed by atoms with Crippen LogP contribution in [0.25, 0.3) is 5.69 Å². The van der Waals surface area contributed by atoms with E-state index in [4.69, 9.17) is 67.6 Å². The third-order valence-electron chi connectivity index (χ3n) is 4.94. The number of benzene rings is 2. The van der Waals surface area contributed by atoms with E-state index >= 15 is 0 Å². The topological polar surface area (TPSA) is 132 Å². The average Bonchev–Trinajstić information content (AvgIpc) is 2.81. The van der Waals surface area contributed by atoms with E-state index in [0.29, 0.717) is 10.1 Å². The fourth-order valence-corrected chi connectivity index (χ4v) is 4.30. The summed E-state index contributed by atoms with van der Waals surface area (Å²) in [5, 5.41) is 10.8. The number of carbonyl (C=O) groups excluding carboxylic acids is 1. The maximum absolute atomic E-state index is 13.1. The number of aromatic nitrogens is 2. The molecule has 16 heteroatoms. The Kier molecular flexibility index (Phi) is 9.21. The van der Waals surface area contributed by atoms with E-state index in [9.17, 15) is 24.5 Å². The van der Waals surface area contributed by atoms with Crippen molar-refractivity contribution in [3.63, 3.8) is 0 Å². The third kappa shape index (κ3) is 6.72. The zero-order chi connectivity index (χ0) is 28.4. The van der Waals surface area contributed by atoms with Gasteiger partial charge in [0.25, 0.3) is 5.56 Å². The quantitative estimate of drug-likeness (QED) is 0.145. The summed E-state index contributed by atoms with van der Waals surface area (Å²) in [5.74, 6) is -1.06. The van der Waals surface area contributed by atoms with Crippen LogP contribution in [0, 0.1) is 10.1 Å². The Morgan fingerprint density at radius 2 is 1.76 bits per heavy atom. The number of halogens is 5. The van der Waals surface area contributed by atoms with Gasteiger partial charge < -0.3 is 4.74 Å². The lowest BCUT2D eigenvalue weighted by Gasteiger charge is -2.19. The van der Waals surface area contributed by atoms with Crippen molar-refractivity contribution in [2.75, 3.05) is 6.54 Å². The zero-order valence-corrected chi connectivity index (χ0v) is 23.2. The van der Waals surface area contributed by atoms with Gasteiger partial charge in [-0.2, -0.15) is 0 Å². The molecule has 0 saturated carbocycles. The molecule has 0 saturated heterocycles. The Morgan fingerprint density at radius 1 is 1.08 bits per heavy atom. The predicted molar refractivity (Wildman–Crippen MR) is 141 cm³/mol. The van der Waals surface area contributed by atoms with Crippen LogP contribution in [0.5, 0.6) is 17.2 Å². The number of para-hydroxylation sites is 1. The molecular weight excluding hydrogens is 612 g/mol. The van der Waals surface area contributed by atoms with E-state index in [0.717, 1.165) is 17.6 Å². The highest BCUT2D eigenvalue weighted by atomic mass is 35.6. The summed E-state index contributed by atoms with van der Waals surface area (Å²) in [5.41, 5.74) is -1.76. The first-order valence-electron chi connectivity index (χ1n) is 10.4. The van der Waals surface area contributed by atoms with Gasteiger partial charge in [-0.3, -0.25) is 29.3 Å². The minimum atomic E-state index is -2.06. The van der Waals surface area contributed by atoms with Crippen molar-refractivity contribution in [1.29, 1.82) is 0 Å². The molecule has 3 aromatic rings. The highest BCUT2D eigenvalue weighted by molar-refractivity contribution is 6.66. The van der Waals surface area contributed by atoms with E-state index in [1.165, 1.54) is 37.4 Å². The number of rotatable bonds is 8. The number of alkyl halides is 3. The number of hydrogen-bond acceptors (Lipinski definition) is 8. The number of nitrogens with zero attached hydrogens (tertiary/aromatic N) is 3. The summed E-state index contributed by atoms with van der Waals surface area (Å²) < 4.78 is 5.53. The maximum Gasteiger partial charge on any atom is 0.352 e. The fourth-order valence-electron chi connectivity index (χ4n) is 3.25. The second-order valence-electron chi connectivity index (χ2n) is 7.59. The van der Waals surface area contributed by atoms with Crippen molar-refractivity contribution in [2.24, 2.45) is 7.05 Å². The number of nitro groups is 1. The molecule has 0 spiro atoms. The van der Waals surface area contributed by atoms with Crippen molar-refractivity contribution < 1.29 is 24.2 Å². The maximum atomic E-state index is 13.1. The van der Waals surface area contributed by atoms with Crippen LogP contribution in [0.2, 0.25) is 10.0 Å². The molecule has 0 amide bonds. The first kappa shape index (κ1) is 29.6. The standard InChI is InChI=1S/C22H16Cl5N3O8/c1-11(31)37-38-16-5-3-4-12(6-7-29(34)35)20(16)36-17-9-15(13(23)8-14(17)24)30-19(32)10-18(22(25,26)27)28(2)21(30)33/h3-5,8-10H,6-7H2,1-2H3. The zero-order valence-electron chi connectivity index (χ0n) is 19.4. The van der Waals surface area contributed by atoms with E-state index in [2.05, 4.69) is 4.89 Å². The lowest BCUT2D eigenvalue weighted by Crippen LogP contribution is -2.40. The van der Waals surface area contributed by atoms with E-state index < -0.39 is 32.5 Å². The lowest BCUT2D eigenvalue weighted by atomic mass is 10.1. The van der Waals surface area contributed by atoms with Gasteiger partial charge in [0.05, 0.1) is 21.4 Å². The predicted octanol–water partition coefficient (Wildman–Crippen LogP) is 5.14. The van der Waals surface area contributed by atoms with Gasteiger partial charge in [-0.25, -0.2) is 14.2 Å². The molecule has 1 aromatic heterocycles. The molecule has 0 bridgehead atoms. The molecule has 0 unspecified atom stereocenters. The molecule has 0 atom stereocenters. The van der Waals surface area contributed by atoms with E-state index in [1.807, 2.05) is 0 Å². The van der Waals surface area contributed by atoms with Crippen molar-refractivity contribution in [3.8, 4) is 22.9 Å². The largest absolute Gasteiger partial charge is 0.451 e. The number of ether oxygens (including phenoxy) is 1. The van der Waals surface area contributed by atoms with Crippen LogP contribution in [0.1, 0.15) is 18.2 Å².